The number of aromatic carboxylic acids is 1. The van der Waals surface area contributed by atoms with Crippen molar-refractivity contribution in [2.45, 2.75) is 6.42 Å². The molecule has 0 unspecified atom stereocenters. The van der Waals surface area contributed by atoms with E-state index in [1.807, 2.05) is 6.07 Å². The Kier molecular flexibility index (Phi) is 4.75. The molecule has 0 aliphatic heterocycles. The van der Waals surface area contributed by atoms with E-state index in [-0.39, 0.29) is 23.5 Å². The molecule has 8 nitrogen and oxygen atoms in total. The van der Waals surface area contributed by atoms with Crippen molar-refractivity contribution in [2.75, 3.05) is 6.54 Å². The summed E-state index contributed by atoms with van der Waals surface area (Å²) in [5, 5.41) is 16.3. The Morgan fingerprint density at radius 2 is 2.04 bits per heavy atom. The molecule has 0 bridgehead atoms. The lowest BCUT2D eigenvalue weighted by Crippen LogP contribution is -2.26. The molecule has 1 aromatic carbocycles. The second-order valence-corrected chi connectivity index (χ2v) is 6.06. The van der Waals surface area contributed by atoms with Gasteiger partial charge in [-0.25, -0.2) is 14.5 Å². The number of rotatable bonds is 6. The van der Waals surface area contributed by atoms with Gasteiger partial charge < -0.3 is 10.4 Å². The van der Waals surface area contributed by atoms with Crippen LogP contribution in [0.4, 0.5) is 0 Å². The van der Waals surface area contributed by atoms with Crippen molar-refractivity contribution in [1.29, 1.82) is 0 Å². The molecule has 0 aliphatic carbocycles. The van der Waals surface area contributed by atoms with Crippen LogP contribution < -0.4 is 10.9 Å². The zero-order valence-corrected chi connectivity index (χ0v) is 13.7. The Hall–Kier alpha value is -3.20. The molecule has 3 N–H and O–H groups in total. The van der Waals surface area contributed by atoms with Gasteiger partial charge in [-0.1, -0.05) is 18.2 Å². The highest BCUT2D eigenvalue weighted by atomic mass is 32.1. The number of carbonyl (C=O) groups excluding carboxylic acids is 1. The zero-order chi connectivity index (χ0) is 17.8. The smallest absolute Gasteiger partial charge is 0.355 e. The van der Waals surface area contributed by atoms with Gasteiger partial charge in [-0.3, -0.25) is 14.7 Å². The van der Waals surface area contributed by atoms with Crippen LogP contribution in [0.2, 0.25) is 0 Å². The number of benzene rings is 1. The number of aromatic nitrogens is 3. The minimum Gasteiger partial charge on any atom is -0.476 e. The molecule has 1 amide bonds. The molecule has 3 rings (SSSR count). The van der Waals surface area contributed by atoms with Crippen LogP contribution in [0, 0.1) is 0 Å². The maximum absolute atomic E-state index is 12.1. The summed E-state index contributed by atoms with van der Waals surface area (Å²) in [5.41, 5.74) is 0.452. The van der Waals surface area contributed by atoms with Gasteiger partial charge in [0.05, 0.1) is 10.7 Å². The average molecular weight is 358 g/mol. The Morgan fingerprint density at radius 3 is 2.72 bits per heavy atom. The fraction of sp³-hybridized carbons (Fsp3) is 0.125. The third-order valence-corrected chi connectivity index (χ3v) is 4.28. The fourth-order valence-electron chi connectivity index (χ4n) is 2.18. The quantitative estimate of drug-likeness (QED) is 0.614. The number of H-pyrrole nitrogens is 1. The predicted molar refractivity (Wildman–Crippen MR) is 91.5 cm³/mol. The van der Waals surface area contributed by atoms with Gasteiger partial charge in [0.25, 0.3) is 11.5 Å². The maximum Gasteiger partial charge on any atom is 0.355 e. The Labute approximate surface area is 145 Å². The molecule has 0 spiro atoms. The van der Waals surface area contributed by atoms with Gasteiger partial charge in [0, 0.05) is 24.4 Å². The highest BCUT2D eigenvalue weighted by Crippen LogP contribution is 2.10. The molecule has 0 saturated heterocycles. The van der Waals surface area contributed by atoms with E-state index in [0.29, 0.717) is 17.1 Å². The van der Waals surface area contributed by atoms with Crippen LogP contribution in [0.1, 0.15) is 26.0 Å². The number of amides is 1. The Balaban J connectivity index is 1.62. The molecule has 2 aromatic heterocycles. The number of carboxylic acids is 1. The van der Waals surface area contributed by atoms with Gasteiger partial charge in [0.15, 0.2) is 5.69 Å². The van der Waals surface area contributed by atoms with Gasteiger partial charge >= 0.3 is 5.97 Å². The van der Waals surface area contributed by atoms with E-state index in [1.165, 1.54) is 27.5 Å². The first-order valence-corrected chi connectivity index (χ1v) is 8.26. The molecule has 9 heteroatoms. The molecule has 2 heterocycles. The van der Waals surface area contributed by atoms with Crippen molar-refractivity contribution >= 4 is 23.2 Å². The largest absolute Gasteiger partial charge is 0.476 e. The molecule has 0 aliphatic rings. The normalized spacial score (nSPS) is 10.6. The summed E-state index contributed by atoms with van der Waals surface area (Å²) in [7, 11) is 0. The molecule has 128 valence electrons. The van der Waals surface area contributed by atoms with Crippen molar-refractivity contribution in [3.63, 3.8) is 0 Å². The van der Waals surface area contributed by atoms with E-state index in [9.17, 15) is 14.4 Å². The lowest BCUT2D eigenvalue weighted by atomic mass is 10.3. The average Bonchev–Trinajstić information content (AvgIpc) is 3.22. The predicted octanol–water partition coefficient (Wildman–Crippen LogP) is 1.29. The van der Waals surface area contributed by atoms with E-state index in [4.69, 9.17) is 5.11 Å². The molecular weight excluding hydrogens is 344 g/mol. The number of thiazole rings is 1. The summed E-state index contributed by atoms with van der Waals surface area (Å²) in [6, 6.07) is 10.2. The third kappa shape index (κ3) is 3.83. The van der Waals surface area contributed by atoms with E-state index in [0.717, 1.165) is 0 Å². The number of carboxylic acid groups (broad SMARTS) is 1. The minimum atomic E-state index is -1.08. The highest BCUT2D eigenvalue weighted by molar-refractivity contribution is 7.09. The van der Waals surface area contributed by atoms with Gasteiger partial charge in [0.1, 0.15) is 5.69 Å². The van der Waals surface area contributed by atoms with Gasteiger partial charge in [0.2, 0.25) is 0 Å². The number of para-hydroxylation sites is 1. The third-order valence-electron chi connectivity index (χ3n) is 3.37. The van der Waals surface area contributed by atoms with E-state index in [2.05, 4.69) is 15.4 Å². The number of carbonyl (C=O) groups is 2. The van der Waals surface area contributed by atoms with Crippen molar-refractivity contribution < 1.29 is 14.7 Å². The second kappa shape index (κ2) is 7.14. The molecule has 0 atom stereocenters. The summed E-state index contributed by atoms with van der Waals surface area (Å²) >= 11 is 1.22. The van der Waals surface area contributed by atoms with Crippen LogP contribution in [0.15, 0.2) is 46.6 Å². The van der Waals surface area contributed by atoms with Crippen molar-refractivity contribution in [2.24, 2.45) is 0 Å². The lowest BCUT2D eigenvalue weighted by Gasteiger charge is -2.03. The first-order valence-electron chi connectivity index (χ1n) is 7.38. The summed E-state index contributed by atoms with van der Waals surface area (Å²) < 4.78 is 1.29. The Bertz CT molecular complexity index is 958. The van der Waals surface area contributed by atoms with Crippen molar-refractivity contribution in [3.05, 3.63) is 68.5 Å². The molecule has 3 aromatic rings. The lowest BCUT2D eigenvalue weighted by molar-refractivity contribution is 0.0690. The molecule has 0 radical (unpaired) electrons. The summed E-state index contributed by atoms with van der Waals surface area (Å²) in [6.07, 6.45) is 0.410. The number of hydrogen-bond acceptors (Lipinski definition) is 5. The van der Waals surface area contributed by atoms with Crippen LogP contribution in [-0.4, -0.2) is 38.3 Å². The first-order chi connectivity index (χ1) is 12.0. The number of aromatic amines is 1. The van der Waals surface area contributed by atoms with E-state index in [1.54, 1.807) is 24.3 Å². The van der Waals surface area contributed by atoms with Crippen LogP contribution in [0.3, 0.4) is 0 Å². The highest BCUT2D eigenvalue weighted by Gasteiger charge is 2.13. The van der Waals surface area contributed by atoms with Crippen molar-refractivity contribution in [1.82, 2.24) is 20.1 Å². The number of hydrogen-bond donors (Lipinski definition) is 3. The monoisotopic (exact) mass is 358 g/mol. The maximum atomic E-state index is 12.1. The van der Waals surface area contributed by atoms with E-state index < -0.39 is 11.9 Å². The number of nitrogens with zero attached hydrogens (tertiary/aromatic N) is 2. The minimum absolute atomic E-state index is 0.00408. The zero-order valence-electron chi connectivity index (χ0n) is 12.9. The summed E-state index contributed by atoms with van der Waals surface area (Å²) in [6.45, 7) is 0.282. The van der Waals surface area contributed by atoms with E-state index >= 15 is 0 Å². The van der Waals surface area contributed by atoms with Crippen LogP contribution in [0.25, 0.3) is 5.69 Å². The first kappa shape index (κ1) is 16.7. The van der Waals surface area contributed by atoms with Crippen molar-refractivity contribution in [3.8, 4) is 5.69 Å². The molecule has 0 saturated carbocycles. The van der Waals surface area contributed by atoms with Crippen LogP contribution in [0.5, 0.6) is 0 Å². The fourth-order valence-corrected chi connectivity index (χ4v) is 2.96. The molecule has 25 heavy (non-hydrogen) atoms. The SMILES string of the molecule is O=C(O)c1csc(CCNC(=O)c2cc(=O)n(-c3ccccc3)[nH]2)n1. The van der Waals surface area contributed by atoms with Crippen LogP contribution >= 0.6 is 11.3 Å². The topological polar surface area (TPSA) is 117 Å². The van der Waals surface area contributed by atoms with Gasteiger partial charge in [-0.15, -0.1) is 11.3 Å². The van der Waals surface area contributed by atoms with Gasteiger partial charge in [-0.05, 0) is 12.1 Å². The second-order valence-electron chi connectivity index (χ2n) is 5.12. The summed E-state index contributed by atoms with van der Waals surface area (Å²) in [5.74, 6) is -1.49. The molecule has 0 fully saturated rings. The summed E-state index contributed by atoms with van der Waals surface area (Å²) in [4.78, 5) is 38.8. The number of nitrogens with one attached hydrogen (secondary N) is 2. The molecular formula is C16H14N4O4S. The Morgan fingerprint density at radius 1 is 1.28 bits per heavy atom. The van der Waals surface area contributed by atoms with Crippen LogP contribution in [-0.2, 0) is 6.42 Å². The standard InChI is InChI=1S/C16H14N4O4S/c21-14-8-11(19-20(14)10-4-2-1-3-5-10)15(22)17-7-6-13-18-12(9-25-13)16(23)24/h1-5,8-9,19H,6-7H2,(H,17,22)(H,23,24). The van der Waals surface area contributed by atoms with Gasteiger partial charge in [-0.2, -0.15) is 0 Å².